The van der Waals surface area contributed by atoms with Crippen LogP contribution in [0.4, 0.5) is 10.5 Å². The number of benzene rings is 1. The number of hydrogen-bond donors (Lipinski definition) is 2. The summed E-state index contributed by atoms with van der Waals surface area (Å²) in [4.78, 5) is 15.9. The summed E-state index contributed by atoms with van der Waals surface area (Å²) in [5.41, 5.74) is 5.69. The molecule has 2 aliphatic carbocycles. The quantitative estimate of drug-likeness (QED) is 0.613. The molecule has 0 bridgehead atoms. The zero-order chi connectivity index (χ0) is 18.7. The van der Waals surface area contributed by atoms with Gasteiger partial charge < -0.3 is 5.32 Å². The largest absolute Gasteiger partial charge is 0.333 e. The number of carbonyl (C=O) groups is 1. The molecule has 26 heavy (non-hydrogen) atoms. The first-order valence-electron chi connectivity index (χ1n) is 8.72. The van der Waals surface area contributed by atoms with Gasteiger partial charge in [-0.3, -0.25) is 4.99 Å². The average molecular weight is 373 g/mol. The summed E-state index contributed by atoms with van der Waals surface area (Å²) >= 11 is 0. The van der Waals surface area contributed by atoms with E-state index in [1.54, 1.807) is 0 Å². The summed E-state index contributed by atoms with van der Waals surface area (Å²) < 4.78 is 26.6. The first kappa shape index (κ1) is 18.4. The Hall–Kier alpha value is -2.41. The molecule has 0 spiro atoms. The van der Waals surface area contributed by atoms with Gasteiger partial charge in [0.15, 0.2) is 0 Å². The Morgan fingerprint density at radius 3 is 2.35 bits per heavy atom. The van der Waals surface area contributed by atoms with Crippen LogP contribution in [-0.4, -0.2) is 21.2 Å². The van der Waals surface area contributed by atoms with Crippen molar-refractivity contribution >= 4 is 28.5 Å². The van der Waals surface area contributed by atoms with Crippen LogP contribution in [0.25, 0.3) is 0 Å². The molecule has 0 aliphatic heterocycles. The molecular formula is C19H23N3O3S. The van der Waals surface area contributed by atoms with Crippen molar-refractivity contribution < 1.29 is 13.2 Å². The number of fused-ring (bicyclic) bond motifs is 2. The minimum Gasteiger partial charge on any atom is -0.307 e. The predicted octanol–water partition coefficient (Wildman–Crippen LogP) is 3.23. The SMILES string of the molecule is C=N/C=C\C=C(/C)S(=O)(=O)NC(=O)Nc1c2c(cc3c1CCC3)CCC2. The van der Waals surface area contributed by atoms with Crippen LogP contribution in [0.1, 0.15) is 42.0 Å². The Kier molecular flexibility index (Phi) is 5.27. The molecular weight excluding hydrogens is 350 g/mol. The number of aryl methyl sites for hydroxylation is 2. The number of anilines is 1. The predicted molar refractivity (Wildman–Crippen MR) is 104 cm³/mol. The monoisotopic (exact) mass is 373 g/mol. The standard InChI is InChI=1S/C19H23N3O3S/c1-13(6-5-11-20-2)26(24,25)22-19(23)21-18-16-9-3-7-14(16)12-15-8-4-10-17(15)18/h5-6,11-12H,2-4,7-10H2,1H3,(H2,21,22,23)/b11-5-,13-6+. The summed E-state index contributed by atoms with van der Waals surface area (Å²) in [6.45, 7) is 4.69. The summed E-state index contributed by atoms with van der Waals surface area (Å²) in [6, 6.07) is 1.54. The lowest BCUT2D eigenvalue weighted by Crippen LogP contribution is -2.35. The van der Waals surface area contributed by atoms with E-state index < -0.39 is 16.1 Å². The molecule has 0 radical (unpaired) electrons. The van der Waals surface area contributed by atoms with Crippen LogP contribution >= 0.6 is 0 Å². The molecule has 138 valence electrons. The maximum atomic E-state index is 12.4. The zero-order valence-electron chi connectivity index (χ0n) is 14.8. The van der Waals surface area contributed by atoms with E-state index in [0.29, 0.717) is 0 Å². The number of aliphatic imine (C=N–C) groups is 1. The van der Waals surface area contributed by atoms with Gasteiger partial charge in [-0.05, 0) is 86.6 Å². The molecule has 1 aromatic carbocycles. The average Bonchev–Trinajstić information content (AvgIpc) is 3.23. The van der Waals surface area contributed by atoms with Crippen molar-refractivity contribution in [3.05, 3.63) is 51.6 Å². The number of nitrogens with one attached hydrogen (secondary N) is 2. The summed E-state index contributed by atoms with van der Waals surface area (Å²) in [7, 11) is -3.90. The summed E-state index contributed by atoms with van der Waals surface area (Å²) in [5.74, 6) is 0. The van der Waals surface area contributed by atoms with Gasteiger partial charge in [-0.25, -0.2) is 17.9 Å². The first-order chi connectivity index (χ1) is 12.4. The van der Waals surface area contributed by atoms with Crippen LogP contribution in [-0.2, 0) is 35.7 Å². The van der Waals surface area contributed by atoms with Crippen LogP contribution in [0.5, 0.6) is 0 Å². The van der Waals surface area contributed by atoms with Gasteiger partial charge in [0.05, 0.1) is 4.91 Å². The van der Waals surface area contributed by atoms with Crippen LogP contribution in [0.3, 0.4) is 0 Å². The topological polar surface area (TPSA) is 87.6 Å². The van der Waals surface area contributed by atoms with E-state index in [-0.39, 0.29) is 4.91 Å². The summed E-state index contributed by atoms with van der Waals surface area (Å²) in [5, 5.41) is 2.82. The number of allylic oxidation sites excluding steroid dienone is 3. The van der Waals surface area contributed by atoms with E-state index in [9.17, 15) is 13.2 Å². The van der Waals surface area contributed by atoms with Gasteiger partial charge in [-0.1, -0.05) is 6.07 Å². The fraction of sp³-hybridized carbons (Fsp3) is 0.368. The van der Waals surface area contributed by atoms with E-state index in [1.807, 2.05) is 0 Å². The number of amides is 2. The first-order valence-corrected chi connectivity index (χ1v) is 10.2. The van der Waals surface area contributed by atoms with E-state index in [0.717, 1.165) is 55.3 Å². The minimum absolute atomic E-state index is 0.0241. The molecule has 0 atom stereocenters. The molecule has 2 aliphatic rings. The summed E-state index contributed by atoms with van der Waals surface area (Å²) in [6.07, 6.45) is 10.2. The Morgan fingerprint density at radius 1 is 1.15 bits per heavy atom. The molecule has 0 fully saturated rings. The highest BCUT2D eigenvalue weighted by Crippen LogP contribution is 2.38. The van der Waals surface area contributed by atoms with Crippen molar-refractivity contribution in [2.24, 2.45) is 4.99 Å². The van der Waals surface area contributed by atoms with E-state index >= 15 is 0 Å². The van der Waals surface area contributed by atoms with E-state index in [4.69, 9.17) is 0 Å². The normalized spacial score (nSPS) is 16.4. The van der Waals surface area contributed by atoms with Crippen molar-refractivity contribution in [1.82, 2.24) is 4.72 Å². The second kappa shape index (κ2) is 7.45. The minimum atomic E-state index is -3.90. The lowest BCUT2D eigenvalue weighted by Gasteiger charge is -2.16. The molecule has 2 N–H and O–H groups in total. The maximum Gasteiger partial charge on any atom is 0.333 e. The third-order valence-electron chi connectivity index (χ3n) is 4.88. The van der Waals surface area contributed by atoms with Crippen molar-refractivity contribution in [2.75, 3.05) is 5.32 Å². The molecule has 1 aromatic rings. The smallest absolute Gasteiger partial charge is 0.307 e. The highest BCUT2D eigenvalue weighted by atomic mass is 32.2. The van der Waals surface area contributed by atoms with Gasteiger partial charge in [-0.2, -0.15) is 0 Å². The Morgan fingerprint density at radius 2 is 1.77 bits per heavy atom. The highest BCUT2D eigenvalue weighted by Gasteiger charge is 2.26. The Labute approximate surface area is 154 Å². The van der Waals surface area contributed by atoms with Crippen LogP contribution in [0.15, 0.2) is 34.3 Å². The van der Waals surface area contributed by atoms with Crippen LogP contribution < -0.4 is 10.0 Å². The molecule has 2 amide bonds. The molecule has 0 heterocycles. The number of sulfonamides is 1. The number of hydrogen-bond acceptors (Lipinski definition) is 4. The Balaban J connectivity index is 1.80. The number of carbonyl (C=O) groups excluding carboxylic acids is 1. The van der Waals surface area contributed by atoms with Crippen molar-refractivity contribution in [3.63, 3.8) is 0 Å². The van der Waals surface area contributed by atoms with Gasteiger partial charge in [0.25, 0.3) is 10.0 Å². The molecule has 0 aromatic heterocycles. The lowest BCUT2D eigenvalue weighted by molar-refractivity contribution is 0.256. The Bertz CT molecular complexity index is 882. The van der Waals surface area contributed by atoms with Gasteiger partial charge in [0.2, 0.25) is 0 Å². The van der Waals surface area contributed by atoms with Gasteiger partial charge >= 0.3 is 6.03 Å². The molecule has 7 heteroatoms. The molecule has 0 unspecified atom stereocenters. The highest BCUT2D eigenvalue weighted by molar-refractivity contribution is 7.93. The van der Waals surface area contributed by atoms with E-state index in [1.165, 1.54) is 36.4 Å². The van der Waals surface area contributed by atoms with E-state index in [2.05, 4.69) is 27.8 Å². The van der Waals surface area contributed by atoms with Crippen molar-refractivity contribution in [3.8, 4) is 0 Å². The number of nitrogens with zero attached hydrogens (tertiary/aromatic N) is 1. The van der Waals surface area contributed by atoms with Gasteiger partial charge in [0, 0.05) is 11.9 Å². The fourth-order valence-electron chi connectivity index (χ4n) is 3.64. The van der Waals surface area contributed by atoms with Crippen LogP contribution in [0, 0.1) is 0 Å². The zero-order valence-corrected chi connectivity index (χ0v) is 15.7. The fourth-order valence-corrected chi connectivity index (χ4v) is 4.35. The number of urea groups is 1. The molecule has 0 saturated carbocycles. The maximum absolute atomic E-state index is 12.4. The van der Waals surface area contributed by atoms with Gasteiger partial charge in [-0.15, -0.1) is 0 Å². The van der Waals surface area contributed by atoms with Crippen molar-refractivity contribution in [1.29, 1.82) is 0 Å². The number of rotatable bonds is 5. The van der Waals surface area contributed by atoms with Crippen molar-refractivity contribution in [2.45, 2.75) is 45.4 Å². The second-order valence-corrected chi connectivity index (χ2v) is 8.45. The lowest BCUT2D eigenvalue weighted by atomic mass is 9.99. The van der Waals surface area contributed by atoms with Crippen LogP contribution in [0.2, 0.25) is 0 Å². The molecule has 6 nitrogen and oxygen atoms in total. The third-order valence-corrected chi connectivity index (χ3v) is 6.32. The molecule has 3 rings (SSSR count). The third kappa shape index (κ3) is 3.72. The second-order valence-electron chi connectivity index (χ2n) is 6.60. The molecule has 0 saturated heterocycles. The van der Waals surface area contributed by atoms with Gasteiger partial charge in [0.1, 0.15) is 0 Å².